The Morgan fingerprint density at radius 1 is 1.24 bits per heavy atom. The second-order valence-electron chi connectivity index (χ2n) is 10.2. The fourth-order valence-corrected chi connectivity index (χ4v) is 7.17. The third-order valence-corrected chi connectivity index (χ3v) is 9.67. The summed E-state index contributed by atoms with van der Waals surface area (Å²) in [7, 11) is 0. The minimum absolute atomic E-state index is 0.0164. The number of nitriles is 1. The number of nitrogens with one attached hydrogen (secondary N) is 1. The molecule has 3 aromatic rings. The smallest absolute Gasteiger partial charge is 0.234 e. The summed E-state index contributed by atoms with van der Waals surface area (Å²) >= 11 is 20.5. The summed E-state index contributed by atoms with van der Waals surface area (Å²) < 4.78 is 0.500. The molecule has 1 atom stereocenters. The SMILES string of the molecule is CC1(C)CC(=O)C2=C(C1)N(c1nnc(SCC(=O)Nc3cc(Cl)c(Cl)cc3Cl)s1)C(N)=C(C#N)C2c1cccnc1. The van der Waals surface area contributed by atoms with Gasteiger partial charge in [-0.25, -0.2) is 0 Å². The number of pyridine rings is 1. The molecule has 2 aliphatic rings. The molecule has 14 heteroatoms. The first-order valence-corrected chi connectivity index (χ1v) is 15.2. The molecule has 41 heavy (non-hydrogen) atoms. The number of ketones is 1. The number of nitrogens with two attached hydrogens (primary N) is 1. The van der Waals surface area contributed by atoms with Crippen molar-refractivity contribution < 1.29 is 9.59 Å². The summed E-state index contributed by atoms with van der Waals surface area (Å²) in [6, 6.07) is 8.77. The lowest BCUT2D eigenvalue weighted by molar-refractivity contribution is -0.118. The van der Waals surface area contributed by atoms with Gasteiger partial charge in [0.2, 0.25) is 11.0 Å². The molecule has 1 aliphatic heterocycles. The predicted octanol–water partition coefficient (Wildman–Crippen LogP) is 6.56. The van der Waals surface area contributed by atoms with E-state index in [0.717, 1.165) is 0 Å². The van der Waals surface area contributed by atoms with E-state index in [9.17, 15) is 14.9 Å². The monoisotopic (exact) mass is 645 g/mol. The molecule has 0 saturated heterocycles. The van der Waals surface area contributed by atoms with E-state index >= 15 is 0 Å². The zero-order valence-corrected chi connectivity index (χ0v) is 25.6. The van der Waals surface area contributed by atoms with Crippen molar-refractivity contribution in [1.82, 2.24) is 15.2 Å². The molecule has 1 amide bonds. The number of anilines is 2. The standard InChI is InChI=1S/C27H22Cl3N7O2S2/c1-27(2)8-19-23(20(38)9-27)22(13-4-3-5-33-11-13)14(10-31)24(32)37(19)25-35-36-26(41-25)40-12-21(39)34-18-7-16(29)15(28)6-17(18)30/h3-7,11,22H,8-9,12,32H2,1-2H3,(H,34,39). The van der Waals surface area contributed by atoms with Crippen molar-refractivity contribution in [2.75, 3.05) is 16.0 Å². The lowest BCUT2D eigenvalue weighted by Gasteiger charge is -2.42. The molecule has 1 unspecified atom stereocenters. The highest BCUT2D eigenvalue weighted by Crippen LogP contribution is 2.50. The van der Waals surface area contributed by atoms with E-state index in [2.05, 4.69) is 26.6 Å². The minimum atomic E-state index is -0.623. The van der Waals surface area contributed by atoms with Crippen LogP contribution in [0.2, 0.25) is 15.1 Å². The van der Waals surface area contributed by atoms with Crippen LogP contribution in [0.4, 0.5) is 10.8 Å². The van der Waals surface area contributed by atoms with Crippen molar-refractivity contribution in [3.63, 3.8) is 0 Å². The minimum Gasteiger partial charge on any atom is -0.384 e. The van der Waals surface area contributed by atoms with Crippen LogP contribution in [-0.4, -0.2) is 32.6 Å². The Morgan fingerprint density at radius 3 is 2.71 bits per heavy atom. The number of amides is 1. The van der Waals surface area contributed by atoms with Crippen molar-refractivity contribution in [1.29, 1.82) is 5.26 Å². The molecule has 0 bridgehead atoms. The molecule has 1 aliphatic carbocycles. The first-order chi connectivity index (χ1) is 19.5. The Morgan fingerprint density at radius 2 is 2.00 bits per heavy atom. The average molecular weight is 647 g/mol. The number of halogens is 3. The number of allylic oxidation sites excluding steroid dienone is 3. The Balaban J connectivity index is 1.44. The summed E-state index contributed by atoms with van der Waals surface area (Å²) in [6.07, 6.45) is 4.17. The number of Topliss-reactive ketones (excluding diaryl/α,β-unsaturated/α-hetero) is 1. The number of hydrogen-bond acceptors (Lipinski definition) is 10. The van der Waals surface area contributed by atoms with Crippen LogP contribution in [0.5, 0.6) is 0 Å². The van der Waals surface area contributed by atoms with Gasteiger partial charge in [0, 0.05) is 30.1 Å². The van der Waals surface area contributed by atoms with E-state index in [0.29, 0.717) is 44.8 Å². The number of hydrogen-bond donors (Lipinski definition) is 2. The highest BCUT2D eigenvalue weighted by Gasteiger charge is 2.45. The topological polar surface area (TPSA) is 138 Å². The van der Waals surface area contributed by atoms with E-state index in [-0.39, 0.29) is 49.3 Å². The largest absolute Gasteiger partial charge is 0.384 e. The predicted molar refractivity (Wildman–Crippen MR) is 162 cm³/mol. The molecule has 2 aromatic heterocycles. The number of thioether (sulfide) groups is 1. The normalized spacial score (nSPS) is 18.3. The maximum atomic E-state index is 13.6. The van der Waals surface area contributed by atoms with Crippen LogP contribution >= 0.6 is 57.9 Å². The van der Waals surface area contributed by atoms with Gasteiger partial charge >= 0.3 is 0 Å². The number of carbonyl (C=O) groups excluding carboxylic acids is 2. The quantitative estimate of drug-likeness (QED) is 0.225. The maximum Gasteiger partial charge on any atom is 0.234 e. The summed E-state index contributed by atoms with van der Waals surface area (Å²) in [5.41, 5.74) is 8.82. The fourth-order valence-electron chi connectivity index (χ4n) is 4.89. The molecule has 0 radical (unpaired) electrons. The number of nitrogens with zero attached hydrogens (tertiary/aromatic N) is 5. The third kappa shape index (κ3) is 5.94. The van der Waals surface area contributed by atoms with E-state index in [1.54, 1.807) is 23.4 Å². The molecule has 0 fully saturated rings. The van der Waals surface area contributed by atoms with Gasteiger partial charge in [0.05, 0.1) is 44.1 Å². The molecule has 9 nitrogen and oxygen atoms in total. The van der Waals surface area contributed by atoms with Crippen molar-refractivity contribution in [2.24, 2.45) is 11.1 Å². The Labute approximate surface area is 259 Å². The van der Waals surface area contributed by atoms with E-state index in [1.165, 1.54) is 35.2 Å². The van der Waals surface area contributed by atoms with Gasteiger partial charge in [-0.2, -0.15) is 5.26 Å². The van der Waals surface area contributed by atoms with Crippen molar-refractivity contribution in [3.8, 4) is 6.07 Å². The first kappa shape index (κ1) is 29.4. The number of benzene rings is 1. The molecule has 0 saturated carbocycles. The number of carbonyl (C=O) groups is 2. The molecule has 0 spiro atoms. The van der Waals surface area contributed by atoms with E-state index in [1.807, 2.05) is 19.9 Å². The molecule has 5 rings (SSSR count). The summed E-state index contributed by atoms with van der Waals surface area (Å²) in [4.78, 5) is 32.1. The number of rotatable bonds is 6. The van der Waals surface area contributed by atoms with Gasteiger partial charge in [0.1, 0.15) is 5.82 Å². The molecule has 210 valence electrons. The zero-order valence-electron chi connectivity index (χ0n) is 21.7. The van der Waals surface area contributed by atoms with Gasteiger partial charge in [-0.1, -0.05) is 77.8 Å². The Hall–Kier alpha value is -3.14. The van der Waals surface area contributed by atoms with Gasteiger partial charge < -0.3 is 11.1 Å². The van der Waals surface area contributed by atoms with Crippen LogP contribution in [0.3, 0.4) is 0 Å². The maximum absolute atomic E-state index is 13.6. The molecule has 3 heterocycles. The molecular weight excluding hydrogens is 625 g/mol. The van der Waals surface area contributed by atoms with Gasteiger partial charge in [-0.3, -0.25) is 19.5 Å². The van der Waals surface area contributed by atoms with Crippen molar-refractivity contribution in [2.45, 2.75) is 36.9 Å². The van der Waals surface area contributed by atoms with Gasteiger partial charge in [-0.05, 0) is 35.6 Å². The fraction of sp³-hybridized carbons (Fsp3) is 0.259. The van der Waals surface area contributed by atoms with Crippen LogP contribution in [0.1, 0.15) is 38.2 Å². The second kappa shape index (κ2) is 11.6. The Bertz CT molecular complexity index is 1660. The lowest BCUT2D eigenvalue weighted by atomic mass is 9.69. The summed E-state index contributed by atoms with van der Waals surface area (Å²) in [6.45, 7) is 4.04. The summed E-state index contributed by atoms with van der Waals surface area (Å²) in [5, 5.41) is 22.7. The second-order valence-corrected chi connectivity index (χ2v) is 13.6. The van der Waals surface area contributed by atoms with E-state index in [4.69, 9.17) is 40.5 Å². The van der Waals surface area contributed by atoms with Gasteiger partial charge in [-0.15, -0.1) is 10.2 Å². The average Bonchev–Trinajstić information content (AvgIpc) is 3.38. The van der Waals surface area contributed by atoms with Crippen molar-refractivity contribution >= 4 is 80.4 Å². The Kier molecular flexibility index (Phi) is 8.32. The van der Waals surface area contributed by atoms with Crippen LogP contribution in [0.15, 0.2) is 63.7 Å². The zero-order chi connectivity index (χ0) is 29.5. The lowest BCUT2D eigenvalue weighted by Crippen LogP contribution is -2.42. The van der Waals surface area contributed by atoms with Crippen molar-refractivity contribution in [3.05, 3.63) is 80.0 Å². The number of aromatic nitrogens is 3. The molecular formula is C27H22Cl3N7O2S2. The van der Waals surface area contributed by atoms with Gasteiger partial charge in [0.25, 0.3) is 0 Å². The highest BCUT2D eigenvalue weighted by atomic mass is 35.5. The van der Waals surface area contributed by atoms with E-state index < -0.39 is 5.92 Å². The third-order valence-electron chi connectivity index (χ3n) is 6.60. The van der Waals surface area contributed by atoms with Crippen LogP contribution < -0.4 is 16.0 Å². The molecule has 1 aromatic carbocycles. The first-order valence-electron chi connectivity index (χ1n) is 12.3. The van der Waals surface area contributed by atoms with Crippen LogP contribution in [0.25, 0.3) is 0 Å². The van der Waals surface area contributed by atoms with Crippen LogP contribution in [-0.2, 0) is 9.59 Å². The molecule has 3 N–H and O–H groups in total. The van der Waals surface area contributed by atoms with Crippen LogP contribution in [0, 0.1) is 16.7 Å². The summed E-state index contributed by atoms with van der Waals surface area (Å²) in [5.74, 6) is -0.803. The van der Waals surface area contributed by atoms with Gasteiger partial charge in [0.15, 0.2) is 10.1 Å². The highest BCUT2D eigenvalue weighted by molar-refractivity contribution is 8.01.